The zero-order chi connectivity index (χ0) is 19.3. The highest BCUT2D eigenvalue weighted by Crippen LogP contribution is 2.18. The van der Waals surface area contributed by atoms with E-state index in [2.05, 4.69) is 15.6 Å². The van der Waals surface area contributed by atoms with E-state index in [9.17, 15) is 9.59 Å². The number of aromatic nitrogens is 1. The quantitative estimate of drug-likeness (QED) is 0.865. The zero-order valence-electron chi connectivity index (χ0n) is 16.0. The zero-order valence-corrected chi connectivity index (χ0v) is 16.0. The first-order chi connectivity index (χ1) is 12.2. The Kier molecular flexibility index (Phi) is 5.97. The van der Waals surface area contributed by atoms with E-state index in [1.165, 1.54) is 0 Å². The van der Waals surface area contributed by atoms with E-state index in [0.717, 1.165) is 11.4 Å². The summed E-state index contributed by atoms with van der Waals surface area (Å²) in [5, 5.41) is 5.74. The SMILES string of the molecule is CN(C)c1ncccc1CNC(=O)c1cccc(NC(=O)C(C)(C)C)c1. The fourth-order valence-electron chi connectivity index (χ4n) is 2.31. The van der Waals surface area contributed by atoms with Crippen LogP contribution in [0.25, 0.3) is 0 Å². The van der Waals surface area contributed by atoms with Crippen LogP contribution in [0.4, 0.5) is 11.5 Å². The number of hydrogen-bond acceptors (Lipinski definition) is 4. The Labute approximate surface area is 154 Å². The van der Waals surface area contributed by atoms with Gasteiger partial charge in [0.2, 0.25) is 5.91 Å². The monoisotopic (exact) mass is 354 g/mol. The fourth-order valence-corrected chi connectivity index (χ4v) is 2.31. The number of nitrogens with one attached hydrogen (secondary N) is 2. The molecule has 26 heavy (non-hydrogen) atoms. The number of nitrogens with zero attached hydrogens (tertiary/aromatic N) is 2. The summed E-state index contributed by atoms with van der Waals surface area (Å²) >= 11 is 0. The Balaban J connectivity index is 2.07. The van der Waals surface area contributed by atoms with Gasteiger partial charge in [0.05, 0.1) is 0 Å². The minimum Gasteiger partial charge on any atom is -0.362 e. The van der Waals surface area contributed by atoms with Crippen molar-refractivity contribution in [1.82, 2.24) is 10.3 Å². The van der Waals surface area contributed by atoms with Crippen LogP contribution >= 0.6 is 0 Å². The molecule has 1 aromatic carbocycles. The van der Waals surface area contributed by atoms with Crippen LogP contribution in [-0.4, -0.2) is 30.9 Å². The maximum atomic E-state index is 12.5. The number of rotatable bonds is 5. The van der Waals surface area contributed by atoms with Crippen molar-refractivity contribution in [2.75, 3.05) is 24.3 Å². The smallest absolute Gasteiger partial charge is 0.251 e. The van der Waals surface area contributed by atoms with E-state index in [0.29, 0.717) is 17.8 Å². The van der Waals surface area contributed by atoms with Gasteiger partial charge in [0, 0.05) is 49.1 Å². The second-order valence-corrected chi connectivity index (χ2v) is 7.35. The van der Waals surface area contributed by atoms with Gasteiger partial charge in [0.1, 0.15) is 5.82 Å². The molecular weight excluding hydrogens is 328 g/mol. The molecule has 2 amide bonds. The first-order valence-electron chi connectivity index (χ1n) is 8.49. The number of benzene rings is 1. The Hall–Kier alpha value is -2.89. The third-order valence-electron chi connectivity index (χ3n) is 3.79. The molecule has 0 fully saturated rings. The van der Waals surface area contributed by atoms with Crippen molar-refractivity contribution in [3.8, 4) is 0 Å². The summed E-state index contributed by atoms with van der Waals surface area (Å²) < 4.78 is 0. The minimum absolute atomic E-state index is 0.0963. The standard InChI is InChI=1S/C20H26N4O2/c1-20(2,3)19(26)23-16-10-6-8-14(12-16)18(25)22-13-15-9-7-11-21-17(15)24(4)5/h6-12H,13H2,1-5H3,(H,22,25)(H,23,26). The van der Waals surface area contributed by atoms with E-state index in [1.54, 1.807) is 30.5 Å². The molecule has 138 valence electrons. The molecule has 6 nitrogen and oxygen atoms in total. The molecule has 0 aliphatic carbocycles. The van der Waals surface area contributed by atoms with Crippen LogP contribution in [0.5, 0.6) is 0 Å². The number of pyridine rings is 1. The summed E-state index contributed by atoms with van der Waals surface area (Å²) in [6.07, 6.45) is 1.72. The van der Waals surface area contributed by atoms with Gasteiger partial charge in [-0.3, -0.25) is 9.59 Å². The molecule has 0 spiro atoms. The maximum absolute atomic E-state index is 12.5. The molecule has 6 heteroatoms. The van der Waals surface area contributed by atoms with Gasteiger partial charge in [0.25, 0.3) is 5.91 Å². The van der Waals surface area contributed by atoms with Crippen molar-refractivity contribution < 1.29 is 9.59 Å². The van der Waals surface area contributed by atoms with E-state index in [4.69, 9.17) is 0 Å². The van der Waals surface area contributed by atoms with Crippen molar-refractivity contribution in [3.05, 3.63) is 53.7 Å². The second kappa shape index (κ2) is 7.99. The molecule has 2 rings (SSSR count). The summed E-state index contributed by atoms with van der Waals surface area (Å²) in [6.45, 7) is 5.90. The molecule has 2 N–H and O–H groups in total. The van der Waals surface area contributed by atoms with Gasteiger partial charge in [-0.25, -0.2) is 4.98 Å². The first-order valence-corrected chi connectivity index (χ1v) is 8.49. The summed E-state index contributed by atoms with van der Waals surface area (Å²) in [5.41, 5.74) is 1.53. The number of amides is 2. The van der Waals surface area contributed by atoms with Crippen molar-refractivity contribution >= 4 is 23.3 Å². The third kappa shape index (κ3) is 5.05. The number of carbonyl (C=O) groups is 2. The molecule has 0 radical (unpaired) electrons. The van der Waals surface area contributed by atoms with E-state index in [-0.39, 0.29) is 11.8 Å². The van der Waals surface area contributed by atoms with Crippen LogP contribution in [0.1, 0.15) is 36.7 Å². The summed E-state index contributed by atoms with van der Waals surface area (Å²) in [5.74, 6) is 0.519. The topological polar surface area (TPSA) is 74.3 Å². The van der Waals surface area contributed by atoms with Gasteiger partial charge in [-0.15, -0.1) is 0 Å². The molecule has 0 aliphatic heterocycles. The highest BCUT2D eigenvalue weighted by Gasteiger charge is 2.21. The molecular formula is C20H26N4O2. The van der Waals surface area contributed by atoms with Gasteiger partial charge in [0.15, 0.2) is 0 Å². The molecule has 1 heterocycles. The lowest BCUT2D eigenvalue weighted by atomic mass is 9.95. The van der Waals surface area contributed by atoms with Crippen LogP contribution in [0.2, 0.25) is 0 Å². The van der Waals surface area contributed by atoms with Crippen LogP contribution in [0, 0.1) is 5.41 Å². The molecule has 0 saturated carbocycles. The number of hydrogen-bond donors (Lipinski definition) is 2. The third-order valence-corrected chi connectivity index (χ3v) is 3.79. The molecule has 0 aliphatic rings. The largest absolute Gasteiger partial charge is 0.362 e. The Morgan fingerprint density at radius 1 is 1.12 bits per heavy atom. The highest BCUT2D eigenvalue weighted by molar-refractivity contribution is 5.98. The average molecular weight is 354 g/mol. The molecule has 0 bridgehead atoms. The van der Waals surface area contributed by atoms with Gasteiger partial charge >= 0.3 is 0 Å². The first kappa shape index (κ1) is 19.4. The molecule has 0 saturated heterocycles. The maximum Gasteiger partial charge on any atom is 0.251 e. The van der Waals surface area contributed by atoms with Gasteiger partial charge < -0.3 is 15.5 Å². The minimum atomic E-state index is -0.499. The summed E-state index contributed by atoms with van der Waals surface area (Å²) in [6, 6.07) is 10.7. The van der Waals surface area contributed by atoms with Crippen molar-refractivity contribution in [2.45, 2.75) is 27.3 Å². The van der Waals surface area contributed by atoms with Crippen LogP contribution in [-0.2, 0) is 11.3 Å². The van der Waals surface area contributed by atoms with Crippen molar-refractivity contribution in [1.29, 1.82) is 0 Å². The Bertz CT molecular complexity index is 794. The normalized spacial score (nSPS) is 11.0. The van der Waals surface area contributed by atoms with E-state index in [1.807, 2.05) is 51.9 Å². The highest BCUT2D eigenvalue weighted by atomic mass is 16.2. The van der Waals surface area contributed by atoms with Crippen molar-refractivity contribution in [3.63, 3.8) is 0 Å². The molecule has 0 atom stereocenters. The van der Waals surface area contributed by atoms with Gasteiger partial charge in [-0.2, -0.15) is 0 Å². The van der Waals surface area contributed by atoms with Crippen LogP contribution < -0.4 is 15.5 Å². The molecule has 0 unspecified atom stereocenters. The predicted octanol–water partition coefficient (Wildman–Crippen LogP) is 3.06. The number of anilines is 2. The second-order valence-electron chi connectivity index (χ2n) is 7.35. The molecule has 2 aromatic rings. The average Bonchev–Trinajstić information content (AvgIpc) is 2.59. The van der Waals surface area contributed by atoms with Crippen LogP contribution in [0.3, 0.4) is 0 Å². The van der Waals surface area contributed by atoms with Gasteiger partial charge in [-0.1, -0.05) is 32.9 Å². The number of carbonyl (C=O) groups excluding carboxylic acids is 2. The van der Waals surface area contributed by atoms with E-state index >= 15 is 0 Å². The lowest BCUT2D eigenvalue weighted by molar-refractivity contribution is -0.123. The predicted molar refractivity (Wildman–Crippen MR) is 104 cm³/mol. The fraction of sp³-hybridized carbons (Fsp3) is 0.350. The lowest BCUT2D eigenvalue weighted by Gasteiger charge is -2.18. The van der Waals surface area contributed by atoms with Crippen molar-refractivity contribution in [2.24, 2.45) is 5.41 Å². The van der Waals surface area contributed by atoms with E-state index < -0.39 is 5.41 Å². The van der Waals surface area contributed by atoms with Crippen LogP contribution in [0.15, 0.2) is 42.6 Å². The lowest BCUT2D eigenvalue weighted by Crippen LogP contribution is -2.28. The summed E-state index contributed by atoms with van der Waals surface area (Å²) in [7, 11) is 3.82. The molecule has 1 aromatic heterocycles. The Morgan fingerprint density at radius 3 is 2.50 bits per heavy atom. The summed E-state index contributed by atoms with van der Waals surface area (Å²) in [4.78, 5) is 30.8. The van der Waals surface area contributed by atoms with Gasteiger partial charge in [-0.05, 0) is 24.3 Å². The Morgan fingerprint density at radius 2 is 1.85 bits per heavy atom.